The summed E-state index contributed by atoms with van der Waals surface area (Å²) in [6.07, 6.45) is 0. The van der Waals surface area contributed by atoms with Gasteiger partial charge in [-0.15, -0.1) is 11.3 Å². The van der Waals surface area contributed by atoms with Gasteiger partial charge in [0.25, 0.3) is 0 Å². The lowest BCUT2D eigenvalue weighted by Gasteiger charge is -2.39. The first-order valence-electron chi connectivity index (χ1n) is 19.2. The molecule has 0 bridgehead atoms. The summed E-state index contributed by atoms with van der Waals surface area (Å²) in [7, 11) is 0. The first-order chi connectivity index (χ1) is 28.3. The number of fused-ring (bicyclic) bond motifs is 12. The molecule has 0 fully saturated rings. The van der Waals surface area contributed by atoms with Crippen LogP contribution in [0.25, 0.3) is 76.6 Å². The third kappa shape index (κ3) is 4.70. The molecule has 0 saturated heterocycles. The maximum Gasteiger partial charge on any atom is 0.164 e. The van der Waals surface area contributed by atoms with Gasteiger partial charge in [0, 0.05) is 48.0 Å². The lowest BCUT2D eigenvalue weighted by atomic mass is 9.66. The van der Waals surface area contributed by atoms with Gasteiger partial charge in [0.2, 0.25) is 0 Å². The number of nitrogens with zero attached hydrogens (tertiary/aromatic N) is 3. The zero-order chi connectivity index (χ0) is 37.5. The molecule has 12 rings (SSSR count). The molecule has 1 spiro atoms. The Balaban J connectivity index is 1.18. The van der Waals surface area contributed by atoms with Gasteiger partial charge in [0.15, 0.2) is 17.5 Å². The van der Waals surface area contributed by atoms with Crippen LogP contribution in [0.3, 0.4) is 0 Å². The van der Waals surface area contributed by atoms with E-state index in [2.05, 4.69) is 152 Å². The molecule has 5 heteroatoms. The Labute approximate surface area is 333 Å². The van der Waals surface area contributed by atoms with Crippen LogP contribution in [0.4, 0.5) is 0 Å². The Morgan fingerprint density at radius 1 is 0.386 bits per heavy atom. The first-order valence-corrected chi connectivity index (χ1v) is 20.0. The Morgan fingerprint density at radius 2 is 0.947 bits per heavy atom. The zero-order valence-electron chi connectivity index (χ0n) is 30.6. The van der Waals surface area contributed by atoms with Gasteiger partial charge < -0.3 is 4.74 Å². The zero-order valence-corrected chi connectivity index (χ0v) is 31.4. The minimum absolute atomic E-state index is 0.633. The van der Waals surface area contributed by atoms with Crippen molar-refractivity contribution in [3.05, 3.63) is 210 Å². The summed E-state index contributed by atoms with van der Waals surface area (Å²) in [6.45, 7) is 0. The van der Waals surface area contributed by atoms with Crippen LogP contribution in [0, 0.1) is 0 Å². The molecular weight excluding hydrogens is 715 g/mol. The minimum atomic E-state index is -0.647. The number of aromatic nitrogens is 3. The van der Waals surface area contributed by atoms with Crippen molar-refractivity contribution in [3.63, 3.8) is 0 Å². The molecule has 3 heterocycles. The smallest absolute Gasteiger partial charge is 0.164 e. The van der Waals surface area contributed by atoms with E-state index < -0.39 is 5.41 Å². The first kappa shape index (κ1) is 32.1. The third-order valence-electron chi connectivity index (χ3n) is 11.6. The van der Waals surface area contributed by atoms with Crippen LogP contribution in [0.15, 0.2) is 188 Å². The topological polar surface area (TPSA) is 47.9 Å². The monoisotopic (exact) mass is 745 g/mol. The Kier molecular flexibility index (Phi) is 6.98. The van der Waals surface area contributed by atoms with Crippen LogP contribution in [0.1, 0.15) is 22.3 Å². The molecule has 2 aliphatic rings. The van der Waals surface area contributed by atoms with Crippen LogP contribution < -0.4 is 4.74 Å². The normalized spacial score (nSPS) is 13.2. The molecule has 0 atom stereocenters. The Bertz CT molecular complexity index is 3120. The van der Waals surface area contributed by atoms with Gasteiger partial charge in [-0.05, 0) is 57.6 Å². The van der Waals surface area contributed by atoms with Gasteiger partial charge >= 0.3 is 0 Å². The molecule has 0 radical (unpaired) electrons. The number of hydrogen-bond acceptors (Lipinski definition) is 5. The molecule has 4 nitrogen and oxygen atoms in total. The second kappa shape index (κ2) is 12.4. The SMILES string of the molecule is c1ccc(-c2nc(-c3ccccc3)nc(-c3cccc4c3-c3cc(-c5cccc6c5sc5ccccc56)ccc3C43c4ccccc4Oc4ccccc43)n2)cc1. The summed E-state index contributed by atoms with van der Waals surface area (Å²) in [5.74, 6) is 3.62. The van der Waals surface area contributed by atoms with Crippen molar-refractivity contribution in [2.75, 3.05) is 0 Å². The summed E-state index contributed by atoms with van der Waals surface area (Å²) in [6, 6.07) is 66.5. The molecule has 0 N–H and O–H groups in total. The van der Waals surface area contributed by atoms with E-state index in [4.69, 9.17) is 19.7 Å². The maximum atomic E-state index is 6.68. The van der Waals surface area contributed by atoms with E-state index in [9.17, 15) is 0 Å². The number of rotatable bonds is 4. The fraction of sp³-hybridized carbons (Fsp3) is 0.0192. The van der Waals surface area contributed by atoms with Gasteiger partial charge in [0.05, 0.1) is 5.41 Å². The van der Waals surface area contributed by atoms with Gasteiger partial charge in [-0.2, -0.15) is 0 Å². The van der Waals surface area contributed by atoms with E-state index in [-0.39, 0.29) is 0 Å². The van der Waals surface area contributed by atoms with Crippen molar-refractivity contribution in [3.8, 4) is 67.9 Å². The van der Waals surface area contributed by atoms with Crippen molar-refractivity contribution in [1.82, 2.24) is 15.0 Å². The molecule has 10 aromatic rings. The highest BCUT2D eigenvalue weighted by Crippen LogP contribution is 2.63. The molecule has 1 aliphatic carbocycles. The van der Waals surface area contributed by atoms with E-state index in [1.54, 1.807) is 0 Å². The molecule has 266 valence electrons. The summed E-state index contributed by atoms with van der Waals surface area (Å²) in [5, 5.41) is 2.58. The van der Waals surface area contributed by atoms with E-state index >= 15 is 0 Å². The fourth-order valence-corrected chi connectivity index (χ4v) is 10.4. The number of benzene rings is 8. The second-order valence-electron chi connectivity index (χ2n) is 14.7. The van der Waals surface area contributed by atoms with E-state index in [1.165, 1.54) is 42.4 Å². The lowest BCUT2D eigenvalue weighted by Crippen LogP contribution is -2.32. The van der Waals surface area contributed by atoms with Crippen LogP contribution in [0.5, 0.6) is 11.5 Å². The van der Waals surface area contributed by atoms with Crippen LogP contribution in [-0.2, 0) is 5.41 Å². The largest absolute Gasteiger partial charge is 0.457 e. The lowest BCUT2D eigenvalue weighted by molar-refractivity contribution is 0.436. The number of thiophene rings is 1. The van der Waals surface area contributed by atoms with Gasteiger partial charge in [-0.1, -0.05) is 164 Å². The molecule has 2 aromatic heterocycles. The predicted octanol–water partition coefficient (Wildman–Crippen LogP) is 13.4. The van der Waals surface area contributed by atoms with Crippen molar-refractivity contribution in [1.29, 1.82) is 0 Å². The van der Waals surface area contributed by atoms with Crippen molar-refractivity contribution >= 4 is 31.5 Å². The quantitative estimate of drug-likeness (QED) is 0.180. The van der Waals surface area contributed by atoms with E-state index in [1.807, 2.05) is 47.7 Å². The standard InChI is InChI=1S/C52H31N3OS/c1-3-15-32(16-4-1)49-53-50(33-17-5-2-6-18-33)55-51(54-49)38-22-14-25-43-47(38)39-31-34(35-20-13-21-37-36-19-7-12-28-46(36)57-48(35)37)29-30-40(39)52(43)41-23-8-10-26-44(41)56-45-27-11-9-24-42(45)52/h1-31H. The minimum Gasteiger partial charge on any atom is -0.457 e. The average Bonchev–Trinajstić information content (AvgIpc) is 3.81. The summed E-state index contributed by atoms with van der Waals surface area (Å²) >= 11 is 1.86. The molecule has 0 unspecified atom stereocenters. The van der Waals surface area contributed by atoms with Gasteiger partial charge in [0.1, 0.15) is 11.5 Å². The molecule has 8 aromatic carbocycles. The highest BCUT2D eigenvalue weighted by molar-refractivity contribution is 7.26. The maximum absolute atomic E-state index is 6.68. The number of hydrogen-bond donors (Lipinski definition) is 0. The van der Waals surface area contributed by atoms with Crippen molar-refractivity contribution in [2.45, 2.75) is 5.41 Å². The van der Waals surface area contributed by atoms with Gasteiger partial charge in [-0.25, -0.2) is 15.0 Å². The highest BCUT2D eigenvalue weighted by Gasteiger charge is 2.52. The second-order valence-corrected chi connectivity index (χ2v) is 15.7. The van der Waals surface area contributed by atoms with Crippen LogP contribution in [-0.4, -0.2) is 15.0 Å². The summed E-state index contributed by atoms with van der Waals surface area (Å²) in [5.41, 5.74) is 11.5. The fourth-order valence-electron chi connectivity index (χ4n) is 9.21. The Hall–Kier alpha value is -7.21. The van der Waals surface area contributed by atoms with Crippen molar-refractivity contribution < 1.29 is 4.74 Å². The Morgan fingerprint density at radius 3 is 1.67 bits per heavy atom. The number of para-hydroxylation sites is 2. The average molecular weight is 746 g/mol. The van der Waals surface area contributed by atoms with E-state index in [0.717, 1.165) is 50.4 Å². The molecule has 57 heavy (non-hydrogen) atoms. The summed E-state index contributed by atoms with van der Waals surface area (Å²) in [4.78, 5) is 15.6. The molecule has 0 amide bonds. The highest BCUT2D eigenvalue weighted by atomic mass is 32.1. The van der Waals surface area contributed by atoms with Crippen LogP contribution in [0.2, 0.25) is 0 Å². The van der Waals surface area contributed by atoms with Gasteiger partial charge in [-0.3, -0.25) is 0 Å². The van der Waals surface area contributed by atoms with Crippen LogP contribution >= 0.6 is 11.3 Å². The molecule has 1 aliphatic heterocycles. The summed E-state index contributed by atoms with van der Waals surface area (Å²) < 4.78 is 9.26. The molecular formula is C52H31N3OS. The van der Waals surface area contributed by atoms with Crippen molar-refractivity contribution in [2.24, 2.45) is 0 Å². The predicted molar refractivity (Wildman–Crippen MR) is 232 cm³/mol. The molecule has 0 saturated carbocycles. The third-order valence-corrected chi connectivity index (χ3v) is 12.8. The number of ether oxygens (including phenoxy) is 1. The van der Waals surface area contributed by atoms with E-state index in [0.29, 0.717) is 17.5 Å².